The van der Waals surface area contributed by atoms with E-state index in [0.29, 0.717) is 0 Å². The first-order valence-corrected chi connectivity index (χ1v) is 6.00. The van der Waals surface area contributed by atoms with Gasteiger partial charge in [0.15, 0.2) is 23.3 Å². The summed E-state index contributed by atoms with van der Waals surface area (Å²) in [4.78, 5) is 11.6. The van der Waals surface area contributed by atoms with E-state index in [0.717, 1.165) is 0 Å². The number of pyridine rings is 1. The van der Waals surface area contributed by atoms with E-state index >= 15 is 0 Å². The summed E-state index contributed by atoms with van der Waals surface area (Å²) in [6.45, 7) is 0. The maximum absolute atomic E-state index is 13.8. The van der Waals surface area contributed by atoms with Gasteiger partial charge in [-0.15, -0.1) is 0 Å². The Balaban J connectivity index is 2.81. The predicted molar refractivity (Wildman–Crippen MR) is 61.9 cm³/mol. The lowest BCUT2D eigenvalue weighted by atomic mass is 10.1. The van der Waals surface area contributed by atoms with Crippen molar-refractivity contribution in [2.45, 2.75) is 12.4 Å². The molecule has 0 amide bonds. The van der Waals surface area contributed by atoms with Crippen LogP contribution in [0.2, 0.25) is 0 Å². The van der Waals surface area contributed by atoms with Crippen molar-refractivity contribution < 1.29 is 43.9 Å². The maximum Gasteiger partial charge on any atom is 0.422 e. The smallest absolute Gasteiger partial charge is 0.278 e. The van der Waals surface area contributed by atoms with Crippen LogP contribution in [-0.2, 0) is 12.4 Å². The molecule has 1 aromatic carbocycles. The van der Waals surface area contributed by atoms with Gasteiger partial charge in [-0.3, -0.25) is 9.36 Å². The third-order valence-electron chi connectivity index (χ3n) is 3.01. The molecule has 0 spiro atoms. The lowest BCUT2D eigenvalue weighted by Crippen LogP contribution is -2.24. The molecule has 0 saturated carbocycles. The third kappa shape index (κ3) is 3.20. The number of aromatic nitrogens is 1. The van der Waals surface area contributed by atoms with Gasteiger partial charge >= 0.3 is 12.4 Å². The van der Waals surface area contributed by atoms with Crippen LogP contribution in [0.15, 0.2) is 23.1 Å². The summed E-state index contributed by atoms with van der Waals surface area (Å²) in [7, 11) is 0. The molecular formula is C13H3F10NO. The molecule has 2 aromatic rings. The molecule has 0 bridgehead atoms. The number of hydrogen-bond donors (Lipinski definition) is 0. The van der Waals surface area contributed by atoms with Crippen LogP contribution in [0, 0.1) is 23.3 Å². The molecule has 0 aliphatic heterocycles. The summed E-state index contributed by atoms with van der Waals surface area (Å²) in [6, 6.07) is 0.000117. The van der Waals surface area contributed by atoms with E-state index in [1.165, 1.54) is 0 Å². The molecule has 136 valence electrons. The predicted octanol–water partition coefficient (Wildman–Crippen LogP) is 4.43. The minimum absolute atomic E-state index is 0.124. The molecule has 12 heteroatoms. The quantitative estimate of drug-likeness (QED) is 0.531. The topological polar surface area (TPSA) is 22.0 Å². The first-order valence-electron chi connectivity index (χ1n) is 6.00. The van der Waals surface area contributed by atoms with E-state index in [4.69, 9.17) is 0 Å². The minimum atomic E-state index is -5.79. The number of halogens is 10. The fraction of sp³-hybridized carbons (Fsp3) is 0.154. The summed E-state index contributed by atoms with van der Waals surface area (Å²) in [5, 5.41) is 0. The Morgan fingerprint density at radius 1 is 0.760 bits per heavy atom. The molecular weight excluding hydrogens is 376 g/mol. The highest BCUT2D eigenvalue weighted by molar-refractivity contribution is 5.42. The van der Waals surface area contributed by atoms with Crippen LogP contribution in [-0.4, -0.2) is 4.57 Å². The van der Waals surface area contributed by atoms with Crippen LogP contribution in [0.25, 0.3) is 5.69 Å². The van der Waals surface area contributed by atoms with Gasteiger partial charge in [0.1, 0.15) is 11.3 Å². The molecule has 25 heavy (non-hydrogen) atoms. The normalized spacial score (nSPS) is 12.6. The third-order valence-corrected chi connectivity index (χ3v) is 3.01. The highest BCUT2D eigenvalue weighted by Gasteiger charge is 2.42. The van der Waals surface area contributed by atoms with Crippen LogP contribution < -0.4 is 5.56 Å². The molecule has 1 heterocycles. The van der Waals surface area contributed by atoms with Crippen molar-refractivity contribution in [1.82, 2.24) is 4.57 Å². The van der Waals surface area contributed by atoms with Crippen LogP contribution in [0.4, 0.5) is 43.9 Å². The lowest BCUT2D eigenvalue weighted by Gasteiger charge is -2.15. The van der Waals surface area contributed by atoms with E-state index in [1.54, 1.807) is 0 Å². The second kappa shape index (κ2) is 5.77. The van der Waals surface area contributed by atoms with Crippen molar-refractivity contribution in [2.24, 2.45) is 0 Å². The van der Waals surface area contributed by atoms with Gasteiger partial charge < -0.3 is 0 Å². The zero-order valence-corrected chi connectivity index (χ0v) is 11.4. The molecule has 0 fully saturated rings. The zero-order valence-electron chi connectivity index (χ0n) is 11.4. The SMILES string of the molecule is O=c1cc(C(F)(F)F)ccn1-c1c(F)c(F)c(C(F)(F)F)c(F)c1F. The Hall–Kier alpha value is -2.53. The molecule has 0 unspecified atom stereocenters. The summed E-state index contributed by atoms with van der Waals surface area (Å²) in [5.41, 5.74) is -8.10. The second-order valence-electron chi connectivity index (χ2n) is 4.60. The summed E-state index contributed by atoms with van der Waals surface area (Å²) >= 11 is 0. The molecule has 0 aliphatic rings. The maximum atomic E-state index is 13.8. The Labute approximate surface area is 130 Å². The second-order valence-corrected chi connectivity index (χ2v) is 4.60. The van der Waals surface area contributed by atoms with Crippen molar-refractivity contribution in [3.63, 3.8) is 0 Å². The van der Waals surface area contributed by atoms with Gasteiger partial charge in [-0.25, -0.2) is 17.6 Å². The highest BCUT2D eigenvalue weighted by atomic mass is 19.4. The Morgan fingerprint density at radius 2 is 1.24 bits per heavy atom. The van der Waals surface area contributed by atoms with Gasteiger partial charge in [-0.1, -0.05) is 0 Å². The molecule has 0 atom stereocenters. The molecule has 0 aliphatic carbocycles. The first-order chi connectivity index (χ1) is 11.3. The summed E-state index contributed by atoms with van der Waals surface area (Å²) in [6.07, 6.45) is -10.7. The fourth-order valence-corrected chi connectivity index (χ4v) is 1.92. The van der Waals surface area contributed by atoms with E-state index in [2.05, 4.69) is 0 Å². The van der Waals surface area contributed by atoms with Crippen molar-refractivity contribution >= 4 is 0 Å². The zero-order chi connectivity index (χ0) is 19.3. The molecule has 0 N–H and O–H groups in total. The Bertz CT molecular complexity index is 864. The molecule has 2 rings (SSSR count). The highest BCUT2D eigenvalue weighted by Crippen LogP contribution is 2.37. The van der Waals surface area contributed by atoms with Crippen LogP contribution in [0.1, 0.15) is 11.1 Å². The van der Waals surface area contributed by atoms with E-state index in [-0.39, 0.29) is 22.9 Å². The van der Waals surface area contributed by atoms with Crippen LogP contribution in [0.5, 0.6) is 0 Å². The molecule has 1 aromatic heterocycles. The van der Waals surface area contributed by atoms with Gasteiger partial charge in [0.05, 0.1) is 5.56 Å². The summed E-state index contributed by atoms with van der Waals surface area (Å²) in [5.74, 6) is -10.9. The van der Waals surface area contributed by atoms with Gasteiger partial charge in [0, 0.05) is 12.3 Å². The van der Waals surface area contributed by atoms with E-state index in [1.807, 2.05) is 0 Å². The molecule has 0 saturated heterocycles. The minimum Gasteiger partial charge on any atom is -0.278 e. The average Bonchev–Trinajstić information content (AvgIpc) is 2.44. The Kier molecular flexibility index (Phi) is 4.34. The first kappa shape index (κ1) is 18.8. The van der Waals surface area contributed by atoms with Crippen LogP contribution in [0.3, 0.4) is 0 Å². The van der Waals surface area contributed by atoms with E-state index < -0.39 is 58.0 Å². The average molecular weight is 379 g/mol. The Morgan fingerprint density at radius 3 is 1.60 bits per heavy atom. The van der Waals surface area contributed by atoms with Crippen molar-refractivity contribution in [3.05, 3.63) is 63.1 Å². The van der Waals surface area contributed by atoms with Gasteiger partial charge in [0.25, 0.3) is 5.56 Å². The largest absolute Gasteiger partial charge is 0.422 e. The lowest BCUT2D eigenvalue weighted by molar-refractivity contribution is -0.143. The van der Waals surface area contributed by atoms with Gasteiger partial charge in [0.2, 0.25) is 0 Å². The fourth-order valence-electron chi connectivity index (χ4n) is 1.92. The van der Waals surface area contributed by atoms with Crippen LogP contribution >= 0.6 is 0 Å². The number of rotatable bonds is 1. The summed E-state index contributed by atoms with van der Waals surface area (Å²) < 4.78 is 129. The number of alkyl halides is 6. The standard InChI is InChI=1S/C13H3F10NO/c14-7-6(13(21,22)23)8(15)10(17)11(9(7)16)24-2-1-4(3-5(24)25)12(18,19)20/h1-3H. The van der Waals surface area contributed by atoms with Gasteiger partial charge in [-0.05, 0) is 6.07 Å². The van der Waals surface area contributed by atoms with Crippen molar-refractivity contribution in [3.8, 4) is 5.69 Å². The number of benzene rings is 1. The number of nitrogens with zero attached hydrogens (tertiary/aromatic N) is 1. The van der Waals surface area contributed by atoms with Crippen molar-refractivity contribution in [2.75, 3.05) is 0 Å². The molecule has 0 radical (unpaired) electrons. The monoisotopic (exact) mass is 379 g/mol. The van der Waals surface area contributed by atoms with Crippen molar-refractivity contribution in [1.29, 1.82) is 0 Å². The van der Waals surface area contributed by atoms with Gasteiger partial charge in [-0.2, -0.15) is 26.3 Å². The number of hydrogen-bond acceptors (Lipinski definition) is 1. The molecule has 2 nitrogen and oxygen atoms in total. The van der Waals surface area contributed by atoms with E-state index in [9.17, 15) is 48.7 Å².